The van der Waals surface area contributed by atoms with E-state index in [4.69, 9.17) is 15.6 Å². The zero-order chi connectivity index (χ0) is 12.6. The maximum absolute atomic E-state index is 6.12. The van der Waals surface area contributed by atoms with Crippen molar-refractivity contribution in [2.45, 2.75) is 70.5 Å². The van der Waals surface area contributed by atoms with Gasteiger partial charge in [-0.05, 0) is 38.7 Å². The summed E-state index contributed by atoms with van der Waals surface area (Å²) in [7, 11) is -2.17. The molecule has 0 saturated heterocycles. The Morgan fingerprint density at radius 1 is 1.06 bits per heavy atom. The van der Waals surface area contributed by atoms with Crippen LogP contribution in [0.15, 0.2) is 0 Å². The molecule has 0 radical (unpaired) electrons. The molecular weight excluding hydrogens is 232 g/mol. The van der Waals surface area contributed by atoms with Crippen molar-refractivity contribution in [3.63, 3.8) is 0 Å². The zero-order valence-corrected chi connectivity index (χ0v) is 13.6. The third-order valence-electron chi connectivity index (χ3n) is 2.45. The van der Waals surface area contributed by atoms with E-state index in [1.165, 1.54) is 31.7 Å². The lowest BCUT2D eigenvalue weighted by atomic mass is 10.1. The smallest absolute Gasteiger partial charge is 0.170 e. The molecule has 98 valence electrons. The highest BCUT2D eigenvalue weighted by Gasteiger charge is 2.18. The second-order valence-electron chi connectivity index (χ2n) is 5.70. The lowest BCUT2D eigenvalue weighted by molar-refractivity contribution is 0.544. The Kier molecular flexibility index (Phi) is 8.58. The number of nitrogens with two attached hydrogens (primary N) is 2. The molecule has 0 aromatic rings. The fourth-order valence-electron chi connectivity index (χ4n) is 1.83. The largest absolute Gasteiger partial charge is 0.458 e. The van der Waals surface area contributed by atoms with Crippen LogP contribution in [0, 0.1) is 0 Å². The SMILES string of the molecule is C[SiH](CCCCCCC(N)N)O[Si](C)(C)C. The summed E-state index contributed by atoms with van der Waals surface area (Å²) in [5.41, 5.74) is 11.0. The first-order valence-corrected chi connectivity index (χ1v) is 12.4. The fraction of sp³-hybridized carbons (Fsp3) is 1.00. The third-order valence-corrected chi connectivity index (χ3v) is 8.11. The summed E-state index contributed by atoms with van der Waals surface area (Å²) >= 11 is 0. The second kappa shape index (κ2) is 8.41. The summed E-state index contributed by atoms with van der Waals surface area (Å²) in [6.07, 6.45) is 5.89. The Bertz CT molecular complexity index is 172. The molecule has 1 unspecified atom stereocenters. The van der Waals surface area contributed by atoms with Crippen molar-refractivity contribution in [3.8, 4) is 0 Å². The molecule has 0 amide bonds. The molecular formula is C11H30N2OSi2. The van der Waals surface area contributed by atoms with Gasteiger partial charge in [0, 0.05) is 0 Å². The maximum Gasteiger partial charge on any atom is 0.170 e. The number of unbranched alkanes of at least 4 members (excludes halogenated alkanes) is 3. The van der Waals surface area contributed by atoms with E-state index in [1.807, 2.05) is 0 Å². The molecule has 0 aromatic heterocycles. The van der Waals surface area contributed by atoms with Crippen molar-refractivity contribution in [3.05, 3.63) is 0 Å². The predicted molar refractivity (Wildman–Crippen MR) is 77.5 cm³/mol. The van der Waals surface area contributed by atoms with Crippen molar-refractivity contribution in [2.24, 2.45) is 11.5 Å². The van der Waals surface area contributed by atoms with Gasteiger partial charge in [-0.15, -0.1) is 0 Å². The van der Waals surface area contributed by atoms with Crippen molar-refractivity contribution < 1.29 is 4.12 Å². The summed E-state index contributed by atoms with van der Waals surface area (Å²) in [4.78, 5) is 0. The van der Waals surface area contributed by atoms with Crippen LogP contribution in [0.25, 0.3) is 0 Å². The topological polar surface area (TPSA) is 61.3 Å². The summed E-state index contributed by atoms with van der Waals surface area (Å²) in [6.45, 7) is 9.16. The van der Waals surface area contributed by atoms with E-state index < -0.39 is 17.4 Å². The van der Waals surface area contributed by atoms with Gasteiger partial charge in [-0.3, -0.25) is 0 Å². The molecule has 0 aliphatic rings. The highest BCUT2D eigenvalue weighted by atomic mass is 28.4. The first-order valence-electron chi connectivity index (χ1n) is 6.50. The Morgan fingerprint density at radius 3 is 2.12 bits per heavy atom. The molecule has 0 spiro atoms. The minimum absolute atomic E-state index is 0.122. The van der Waals surface area contributed by atoms with Crippen LogP contribution in [0.5, 0.6) is 0 Å². The first kappa shape index (κ1) is 16.3. The Hall–Kier alpha value is 0.314. The fourth-order valence-corrected chi connectivity index (χ4v) is 7.99. The van der Waals surface area contributed by atoms with Crippen LogP contribution in [0.3, 0.4) is 0 Å². The molecule has 0 aliphatic heterocycles. The molecule has 0 aromatic carbocycles. The van der Waals surface area contributed by atoms with Gasteiger partial charge >= 0.3 is 0 Å². The van der Waals surface area contributed by atoms with Gasteiger partial charge in [-0.2, -0.15) is 0 Å². The van der Waals surface area contributed by atoms with E-state index in [-0.39, 0.29) is 6.17 Å². The summed E-state index contributed by atoms with van der Waals surface area (Å²) in [6, 6.07) is 1.32. The summed E-state index contributed by atoms with van der Waals surface area (Å²) in [5, 5.41) is 0. The number of rotatable bonds is 9. The molecule has 0 saturated carbocycles. The van der Waals surface area contributed by atoms with Crippen molar-refractivity contribution in [1.29, 1.82) is 0 Å². The molecule has 0 rings (SSSR count). The molecule has 0 bridgehead atoms. The molecule has 0 heterocycles. The molecule has 4 N–H and O–H groups in total. The van der Waals surface area contributed by atoms with Crippen LogP contribution < -0.4 is 11.5 Å². The van der Waals surface area contributed by atoms with Crippen LogP contribution in [-0.4, -0.2) is 23.5 Å². The van der Waals surface area contributed by atoms with E-state index in [1.54, 1.807) is 0 Å². The number of hydrogen-bond acceptors (Lipinski definition) is 3. The normalized spacial score (nSPS) is 14.4. The van der Waals surface area contributed by atoms with Crippen molar-refractivity contribution in [2.75, 3.05) is 0 Å². The van der Waals surface area contributed by atoms with Gasteiger partial charge in [-0.25, -0.2) is 0 Å². The highest BCUT2D eigenvalue weighted by molar-refractivity contribution is 6.77. The third kappa shape index (κ3) is 12.4. The lowest BCUT2D eigenvalue weighted by Gasteiger charge is -2.22. The second-order valence-corrected chi connectivity index (χ2v) is 13.1. The van der Waals surface area contributed by atoms with Gasteiger partial charge in [0.15, 0.2) is 17.4 Å². The maximum atomic E-state index is 6.12. The van der Waals surface area contributed by atoms with Gasteiger partial charge < -0.3 is 15.6 Å². The van der Waals surface area contributed by atoms with Crippen LogP contribution in [-0.2, 0) is 4.12 Å². The summed E-state index contributed by atoms with van der Waals surface area (Å²) < 4.78 is 6.12. The average molecular weight is 263 g/mol. The molecule has 5 heteroatoms. The van der Waals surface area contributed by atoms with E-state index >= 15 is 0 Å². The lowest BCUT2D eigenvalue weighted by Crippen LogP contribution is -2.32. The molecule has 0 aliphatic carbocycles. The molecule has 16 heavy (non-hydrogen) atoms. The van der Waals surface area contributed by atoms with Crippen LogP contribution in [0.2, 0.25) is 32.2 Å². The van der Waals surface area contributed by atoms with Gasteiger partial charge in [0.1, 0.15) is 0 Å². The van der Waals surface area contributed by atoms with Crippen LogP contribution in [0.4, 0.5) is 0 Å². The Balaban J connectivity index is 3.31. The Morgan fingerprint density at radius 2 is 1.62 bits per heavy atom. The average Bonchev–Trinajstić information content (AvgIpc) is 2.07. The first-order chi connectivity index (χ1) is 7.31. The van der Waals surface area contributed by atoms with Crippen LogP contribution in [0.1, 0.15) is 32.1 Å². The van der Waals surface area contributed by atoms with Gasteiger partial charge in [0.05, 0.1) is 6.17 Å². The Labute approximate surface area is 104 Å². The monoisotopic (exact) mass is 262 g/mol. The van der Waals surface area contributed by atoms with E-state index in [2.05, 4.69) is 26.2 Å². The quantitative estimate of drug-likeness (QED) is 0.381. The summed E-state index contributed by atoms with van der Waals surface area (Å²) in [5.74, 6) is 0. The van der Waals surface area contributed by atoms with E-state index in [0.717, 1.165) is 6.42 Å². The van der Waals surface area contributed by atoms with E-state index in [9.17, 15) is 0 Å². The number of hydrogen-bond donors (Lipinski definition) is 2. The van der Waals surface area contributed by atoms with Gasteiger partial charge in [-0.1, -0.05) is 25.7 Å². The predicted octanol–water partition coefficient (Wildman–Crippen LogP) is 2.39. The van der Waals surface area contributed by atoms with Crippen LogP contribution >= 0.6 is 0 Å². The molecule has 0 fully saturated rings. The van der Waals surface area contributed by atoms with Gasteiger partial charge in [0.25, 0.3) is 0 Å². The van der Waals surface area contributed by atoms with Crippen molar-refractivity contribution in [1.82, 2.24) is 0 Å². The minimum atomic E-state index is -1.28. The standard InChI is InChI=1S/C11H30N2OSi2/c1-15(14-16(2,3)4)10-8-6-5-7-9-11(12)13/h11,15H,5-10,12-13H2,1-4H3. The molecule has 1 atom stereocenters. The molecule has 3 nitrogen and oxygen atoms in total. The minimum Gasteiger partial charge on any atom is -0.458 e. The zero-order valence-electron chi connectivity index (χ0n) is 11.5. The highest BCUT2D eigenvalue weighted by Crippen LogP contribution is 2.12. The van der Waals surface area contributed by atoms with Crippen molar-refractivity contribution >= 4 is 17.4 Å². The van der Waals surface area contributed by atoms with Gasteiger partial charge in [0.2, 0.25) is 0 Å². The van der Waals surface area contributed by atoms with E-state index in [0.29, 0.717) is 0 Å².